The van der Waals surface area contributed by atoms with Crippen LogP contribution in [0.1, 0.15) is 30.7 Å². The van der Waals surface area contributed by atoms with E-state index in [4.69, 9.17) is 0 Å². The van der Waals surface area contributed by atoms with Gasteiger partial charge in [-0.3, -0.25) is 9.48 Å². The van der Waals surface area contributed by atoms with Gasteiger partial charge in [-0.15, -0.1) is 0 Å². The number of rotatable bonds is 3. The van der Waals surface area contributed by atoms with Crippen molar-refractivity contribution in [3.8, 4) is 0 Å². The Morgan fingerprint density at radius 3 is 2.54 bits per heavy atom. The van der Waals surface area contributed by atoms with E-state index in [1.54, 1.807) is 0 Å². The van der Waals surface area contributed by atoms with Gasteiger partial charge < -0.3 is 20.0 Å². The molecule has 1 saturated carbocycles. The van der Waals surface area contributed by atoms with Gasteiger partial charge >= 0.3 is 6.03 Å². The van der Waals surface area contributed by atoms with E-state index in [0.29, 0.717) is 19.0 Å². The molecule has 8 heteroatoms. The van der Waals surface area contributed by atoms with Crippen LogP contribution in [0.25, 0.3) is 0 Å². The Morgan fingerprint density at radius 2 is 1.85 bits per heavy atom. The molecule has 0 spiro atoms. The number of nitrogens with one attached hydrogen (secondary N) is 1. The van der Waals surface area contributed by atoms with Crippen LogP contribution in [0.3, 0.4) is 0 Å². The lowest BCUT2D eigenvalue weighted by molar-refractivity contribution is -0.139. The number of carbonyl (C=O) groups is 2. The van der Waals surface area contributed by atoms with Gasteiger partial charge in [0.15, 0.2) is 0 Å². The SMILES string of the molecule is CN1CCN(C(=O)NCc2cc3n(n2)CCN(C(=O)C2CCC2)C3)CC1. The molecule has 3 aliphatic rings. The van der Waals surface area contributed by atoms with E-state index in [1.807, 2.05) is 20.5 Å². The molecule has 0 unspecified atom stereocenters. The van der Waals surface area contributed by atoms with E-state index in [9.17, 15) is 9.59 Å². The molecule has 1 N–H and O–H groups in total. The molecule has 1 aromatic rings. The van der Waals surface area contributed by atoms with Crippen molar-refractivity contribution in [3.05, 3.63) is 17.5 Å². The molecule has 1 saturated heterocycles. The predicted octanol–water partition coefficient (Wildman–Crippen LogP) is 0.482. The summed E-state index contributed by atoms with van der Waals surface area (Å²) in [6.45, 7) is 5.89. The summed E-state index contributed by atoms with van der Waals surface area (Å²) >= 11 is 0. The van der Waals surface area contributed by atoms with Gasteiger partial charge in [0.2, 0.25) is 5.91 Å². The van der Waals surface area contributed by atoms with Crippen molar-refractivity contribution in [1.82, 2.24) is 29.8 Å². The fourth-order valence-electron chi connectivity index (χ4n) is 3.80. The predicted molar refractivity (Wildman–Crippen MR) is 96.3 cm³/mol. The zero-order valence-corrected chi connectivity index (χ0v) is 15.5. The maximum atomic E-state index is 12.4. The molecule has 8 nitrogen and oxygen atoms in total. The van der Waals surface area contributed by atoms with E-state index in [1.165, 1.54) is 6.42 Å². The first-order valence-electron chi connectivity index (χ1n) is 9.66. The van der Waals surface area contributed by atoms with Gasteiger partial charge in [-0.2, -0.15) is 5.10 Å². The van der Waals surface area contributed by atoms with Gasteiger partial charge in [-0.05, 0) is 26.0 Å². The van der Waals surface area contributed by atoms with Crippen LogP contribution in [0.2, 0.25) is 0 Å². The van der Waals surface area contributed by atoms with Crippen LogP contribution in [-0.2, 0) is 24.4 Å². The number of hydrogen-bond acceptors (Lipinski definition) is 4. The number of carbonyl (C=O) groups excluding carboxylic acids is 2. The summed E-state index contributed by atoms with van der Waals surface area (Å²) in [6.07, 6.45) is 3.26. The molecule has 0 aromatic carbocycles. The van der Waals surface area contributed by atoms with Crippen molar-refractivity contribution < 1.29 is 9.59 Å². The topological polar surface area (TPSA) is 73.7 Å². The van der Waals surface area contributed by atoms with Crippen molar-refractivity contribution in [1.29, 1.82) is 0 Å². The van der Waals surface area contributed by atoms with E-state index >= 15 is 0 Å². The molecule has 1 aliphatic carbocycles. The molecular weight excluding hydrogens is 332 g/mol. The molecule has 2 aliphatic heterocycles. The molecule has 0 radical (unpaired) electrons. The van der Waals surface area contributed by atoms with Crippen LogP contribution >= 0.6 is 0 Å². The maximum absolute atomic E-state index is 12.4. The van der Waals surface area contributed by atoms with Crippen molar-refractivity contribution in [2.45, 2.75) is 38.9 Å². The van der Waals surface area contributed by atoms with E-state index in [-0.39, 0.29) is 11.9 Å². The monoisotopic (exact) mass is 360 g/mol. The number of piperazine rings is 1. The summed E-state index contributed by atoms with van der Waals surface area (Å²) in [5.41, 5.74) is 1.92. The number of amides is 3. The quantitative estimate of drug-likeness (QED) is 0.851. The third kappa shape index (κ3) is 3.56. The van der Waals surface area contributed by atoms with E-state index in [2.05, 4.69) is 22.4 Å². The third-order valence-electron chi connectivity index (χ3n) is 5.83. The molecular formula is C18H28N6O2. The van der Waals surface area contributed by atoms with Gasteiger partial charge in [0.1, 0.15) is 0 Å². The first-order valence-corrected chi connectivity index (χ1v) is 9.66. The Labute approximate surface area is 154 Å². The highest BCUT2D eigenvalue weighted by Gasteiger charge is 2.31. The number of nitrogens with zero attached hydrogens (tertiary/aromatic N) is 5. The van der Waals surface area contributed by atoms with Gasteiger partial charge in [-0.25, -0.2) is 4.79 Å². The van der Waals surface area contributed by atoms with Crippen LogP contribution in [-0.4, -0.2) is 76.2 Å². The van der Waals surface area contributed by atoms with Gasteiger partial charge in [0.25, 0.3) is 0 Å². The van der Waals surface area contributed by atoms with Crippen LogP contribution in [0.4, 0.5) is 4.79 Å². The number of hydrogen-bond donors (Lipinski definition) is 1. The van der Waals surface area contributed by atoms with Crippen molar-refractivity contribution in [3.63, 3.8) is 0 Å². The average molecular weight is 360 g/mol. The molecule has 0 bridgehead atoms. The molecule has 26 heavy (non-hydrogen) atoms. The second kappa shape index (κ2) is 7.26. The molecule has 142 valence electrons. The summed E-state index contributed by atoms with van der Waals surface area (Å²) in [6, 6.07) is 2.00. The van der Waals surface area contributed by atoms with Crippen molar-refractivity contribution in [2.75, 3.05) is 39.8 Å². The molecule has 3 heterocycles. The largest absolute Gasteiger partial charge is 0.335 e. The van der Waals surface area contributed by atoms with E-state index in [0.717, 1.165) is 63.5 Å². The Hall–Kier alpha value is -2.09. The molecule has 2 fully saturated rings. The molecule has 0 atom stereocenters. The normalized spacial score (nSPS) is 21.3. The second-order valence-corrected chi connectivity index (χ2v) is 7.69. The van der Waals surface area contributed by atoms with Crippen LogP contribution in [0.15, 0.2) is 6.07 Å². The highest BCUT2D eigenvalue weighted by Crippen LogP contribution is 2.29. The summed E-state index contributed by atoms with van der Waals surface area (Å²) in [7, 11) is 2.07. The first-order chi connectivity index (χ1) is 12.6. The Kier molecular flexibility index (Phi) is 4.84. The van der Waals surface area contributed by atoms with Crippen LogP contribution in [0.5, 0.6) is 0 Å². The third-order valence-corrected chi connectivity index (χ3v) is 5.83. The Morgan fingerprint density at radius 1 is 1.12 bits per heavy atom. The lowest BCUT2D eigenvalue weighted by atomic mass is 9.84. The zero-order valence-electron chi connectivity index (χ0n) is 15.5. The highest BCUT2D eigenvalue weighted by molar-refractivity contribution is 5.79. The Balaban J connectivity index is 1.30. The summed E-state index contributed by atoms with van der Waals surface area (Å²) in [5, 5.41) is 7.57. The van der Waals surface area contributed by atoms with Crippen molar-refractivity contribution in [2.24, 2.45) is 5.92 Å². The minimum atomic E-state index is -0.0224. The molecule has 4 rings (SSSR count). The zero-order chi connectivity index (χ0) is 18.1. The standard InChI is InChI=1S/C18H28N6O2/c1-21-5-7-22(8-6-21)18(26)19-12-15-11-16-13-23(9-10-24(16)20-15)17(25)14-3-2-4-14/h11,14H,2-10,12-13H2,1H3,(H,19,26). The lowest BCUT2D eigenvalue weighted by Gasteiger charge is -2.34. The van der Waals surface area contributed by atoms with Gasteiger partial charge in [-0.1, -0.05) is 6.42 Å². The number of fused-ring (bicyclic) bond motifs is 1. The Bertz CT molecular complexity index is 675. The number of urea groups is 1. The van der Waals surface area contributed by atoms with Gasteiger partial charge in [0, 0.05) is 38.6 Å². The molecule has 1 aromatic heterocycles. The number of aromatic nitrogens is 2. The first kappa shape index (κ1) is 17.3. The highest BCUT2D eigenvalue weighted by atomic mass is 16.2. The summed E-state index contributed by atoms with van der Waals surface area (Å²) < 4.78 is 1.97. The van der Waals surface area contributed by atoms with Gasteiger partial charge in [0.05, 0.1) is 31.0 Å². The van der Waals surface area contributed by atoms with Crippen molar-refractivity contribution >= 4 is 11.9 Å². The second-order valence-electron chi connectivity index (χ2n) is 7.69. The molecule has 3 amide bonds. The van der Waals surface area contributed by atoms with Crippen LogP contribution < -0.4 is 5.32 Å². The summed E-state index contributed by atoms with van der Waals surface area (Å²) in [5.74, 6) is 0.542. The lowest BCUT2D eigenvalue weighted by Crippen LogP contribution is -2.50. The number of likely N-dealkylation sites (N-methyl/N-ethyl adjacent to an activating group) is 1. The average Bonchev–Trinajstić information content (AvgIpc) is 3.00. The fraction of sp³-hybridized carbons (Fsp3) is 0.722. The van der Waals surface area contributed by atoms with Crippen LogP contribution in [0, 0.1) is 5.92 Å². The summed E-state index contributed by atoms with van der Waals surface area (Å²) in [4.78, 5) is 30.8. The maximum Gasteiger partial charge on any atom is 0.317 e. The smallest absolute Gasteiger partial charge is 0.317 e. The minimum Gasteiger partial charge on any atom is -0.335 e. The minimum absolute atomic E-state index is 0.0224. The van der Waals surface area contributed by atoms with E-state index < -0.39 is 0 Å². The fourth-order valence-corrected chi connectivity index (χ4v) is 3.80.